The molecule has 1 aliphatic carbocycles. The molecule has 1 aliphatic rings. The second-order valence-corrected chi connectivity index (χ2v) is 5.58. The molecule has 0 amide bonds. The molecule has 0 radical (unpaired) electrons. The lowest BCUT2D eigenvalue weighted by molar-refractivity contribution is 1.13. The average molecular weight is 236 g/mol. The van der Waals surface area contributed by atoms with Gasteiger partial charge in [-0.05, 0) is 28.8 Å². The van der Waals surface area contributed by atoms with Crippen LogP contribution in [0.4, 0.5) is 0 Å². The first-order valence-corrected chi connectivity index (χ1v) is 6.86. The Morgan fingerprint density at radius 1 is 0.824 bits per heavy atom. The molecular formula is C16H12S. The molecule has 3 aromatic rings. The van der Waals surface area contributed by atoms with E-state index in [0.29, 0.717) is 0 Å². The van der Waals surface area contributed by atoms with Crippen LogP contribution in [-0.2, 0) is 0 Å². The van der Waals surface area contributed by atoms with E-state index in [0.717, 1.165) is 0 Å². The van der Waals surface area contributed by atoms with Crippen molar-refractivity contribution in [1.82, 2.24) is 0 Å². The summed E-state index contributed by atoms with van der Waals surface area (Å²) in [6.07, 6.45) is 7.15. The summed E-state index contributed by atoms with van der Waals surface area (Å²) in [5, 5.41) is 5.63. The van der Waals surface area contributed by atoms with Gasteiger partial charge in [-0.25, -0.2) is 0 Å². The van der Waals surface area contributed by atoms with E-state index in [9.17, 15) is 0 Å². The topological polar surface area (TPSA) is 0 Å². The molecular weight excluding hydrogens is 224 g/mol. The third-order valence-corrected chi connectivity index (χ3v) is 4.74. The number of hydrogen-bond donors (Lipinski definition) is 0. The second-order valence-electron chi connectivity index (χ2n) is 4.53. The van der Waals surface area contributed by atoms with Gasteiger partial charge in [0.1, 0.15) is 0 Å². The summed E-state index contributed by atoms with van der Waals surface area (Å²) in [6, 6.07) is 13.2. The fourth-order valence-electron chi connectivity index (χ4n) is 2.67. The fourth-order valence-corrected chi connectivity index (χ4v) is 3.98. The molecule has 82 valence electrons. The minimum absolute atomic E-state index is 1.19. The molecule has 4 rings (SSSR count). The first kappa shape index (κ1) is 9.43. The van der Waals surface area contributed by atoms with Gasteiger partial charge in [-0.2, -0.15) is 0 Å². The number of hydrogen-bond acceptors (Lipinski definition) is 1. The van der Waals surface area contributed by atoms with Gasteiger partial charge in [0.15, 0.2) is 0 Å². The standard InChI is InChI=1S/C16H12S/c1-2-6-12-11(5-1)9-10-14-13-7-3-4-8-15(13)17-16(12)14/h1-2,5-10H,3-4H2. The summed E-state index contributed by atoms with van der Waals surface area (Å²) in [5.41, 5.74) is 0. The minimum Gasteiger partial charge on any atom is -0.135 e. The molecule has 17 heavy (non-hydrogen) atoms. The first-order chi connectivity index (χ1) is 8.43. The van der Waals surface area contributed by atoms with Crippen LogP contribution < -0.4 is 9.75 Å². The van der Waals surface area contributed by atoms with Crippen LogP contribution in [0.1, 0.15) is 12.8 Å². The highest BCUT2D eigenvalue weighted by molar-refractivity contribution is 7.18. The maximum atomic E-state index is 2.39. The average Bonchev–Trinajstić information content (AvgIpc) is 2.78. The third kappa shape index (κ3) is 1.29. The van der Waals surface area contributed by atoms with E-state index in [1.54, 1.807) is 0 Å². The number of benzene rings is 2. The van der Waals surface area contributed by atoms with Crippen LogP contribution in [0.15, 0.2) is 36.4 Å². The Kier molecular flexibility index (Phi) is 1.91. The van der Waals surface area contributed by atoms with Crippen LogP contribution in [0.3, 0.4) is 0 Å². The van der Waals surface area contributed by atoms with E-state index < -0.39 is 0 Å². The summed E-state index contributed by atoms with van der Waals surface area (Å²) in [5.74, 6) is 0. The molecule has 0 spiro atoms. The van der Waals surface area contributed by atoms with Gasteiger partial charge in [0.25, 0.3) is 0 Å². The van der Waals surface area contributed by atoms with Crippen molar-refractivity contribution in [3.05, 3.63) is 46.1 Å². The van der Waals surface area contributed by atoms with Crippen molar-refractivity contribution < 1.29 is 0 Å². The minimum atomic E-state index is 1.19. The highest BCUT2D eigenvalue weighted by atomic mass is 32.1. The van der Waals surface area contributed by atoms with Crippen LogP contribution in [0.25, 0.3) is 33.0 Å². The van der Waals surface area contributed by atoms with Crippen molar-refractivity contribution in [2.45, 2.75) is 12.8 Å². The van der Waals surface area contributed by atoms with E-state index in [2.05, 4.69) is 48.6 Å². The van der Waals surface area contributed by atoms with Crippen molar-refractivity contribution in [3.63, 3.8) is 0 Å². The molecule has 0 N–H and O–H groups in total. The molecule has 0 saturated heterocycles. The van der Waals surface area contributed by atoms with Gasteiger partial charge < -0.3 is 0 Å². The van der Waals surface area contributed by atoms with Crippen molar-refractivity contribution >= 4 is 44.3 Å². The Morgan fingerprint density at radius 3 is 2.71 bits per heavy atom. The second kappa shape index (κ2) is 3.44. The van der Waals surface area contributed by atoms with E-state index in [1.807, 2.05) is 11.3 Å². The Bertz CT molecular complexity index is 837. The molecule has 1 aromatic heterocycles. The molecule has 1 heterocycles. The summed E-state index contributed by atoms with van der Waals surface area (Å²) in [4.78, 5) is 0. The summed E-state index contributed by atoms with van der Waals surface area (Å²) >= 11 is 1.94. The Morgan fingerprint density at radius 2 is 1.71 bits per heavy atom. The monoisotopic (exact) mass is 236 g/mol. The Labute approximate surface area is 104 Å². The van der Waals surface area contributed by atoms with Gasteiger partial charge in [0.05, 0.1) is 0 Å². The van der Waals surface area contributed by atoms with Gasteiger partial charge >= 0.3 is 0 Å². The van der Waals surface area contributed by atoms with E-state index in [-0.39, 0.29) is 0 Å². The van der Waals surface area contributed by atoms with Crippen molar-refractivity contribution in [2.24, 2.45) is 0 Å². The zero-order valence-corrected chi connectivity index (χ0v) is 10.3. The van der Waals surface area contributed by atoms with Crippen LogP contribution in [0.5, 0.6) is 0 Å². The highest BCUT2D eigenvalue weighted by Gasteiger charge is 2.06. The number of fused-ring (bicyclic) bond motifs is 5. The quantitative estimate of drug-likeness (QED) is 0.561. The lowest BCUT2D eigenvalue weighted by atomic mass is 10.1. The number of thiophene rings is 1. The normalized spacial score (nSPS) is 14.4. The zero-order valence-electron chi connectivity index (χ0n) is 9.44. The van der Waals surface area contributed by atoms with Crippen LogP contribution >= 0.6 is 11.3 Å². The van der Waals surface area contributed by atoms with Gasteiger partial charge in [-0.1, -0.05) is 48.6 Å². The first-order valence-electron chi connectivity index (χ1n) is 6.04. The van der Waals surface area contributed by atoms with Crippen LogP contribution in [0, 0.1) is 0 Å². The lowest BCUT2D eigenvalue weighted by Gasteiger charge is -1.98. The Balaban J connectivity index is 2.34. The van der Waals surface area contributed by atoms with E-state index >= 15 is 0 Å². The SMILES string of the molecule is C1=c2sc3c(ccc4ccccc43)c2=CCC1. The fraction of sp³-hybridized carbons (Fsp3) is 0.125. The molecule has 0 saturated carbocycles. The summed E-state index contributed by atoms with van der Waals surface area (Å²) < 4.78 is 2.91. The third-order valence-electron chi connectivity index (χ3n) is 3.49. The molecule has 0 nitrogen and oxygen atoms in total. The number of rotatable bonds is 0. The largest absolute Gasteiger partial charge is 0.135 e. The van der Waals surface area contributed by atoms with Gasteiger partial charge in [-0.3, -0.25) is 0 Å². The predicted molar refractivity (Wildman–Crippen MR) is 76.7 cm³/mol. The molecule has 1 heteroatoms. The van der Waals surface area contributed by atoms with Gasteiger partial charge in [0.2, 0.25) is 0 Å². The zero-order chi connectivity index (χ0) is 11.2. The van der Waals surface area contributed by atoms with Crippen molar-refractivity contribution in [3.8, 4) is 0 Å². The van der Waals surface area contributed by atoms with E-state index in [1.165, 1.54) is 43.5 Å². The van der Waals surface area contributed by atoms with Gasteiger partial charge in [-0.15, -0.1) is 11.3 Å². The van der Waals surface area contributed by atoms with Crippen molar-refractivity contribution in [2.75, 3.05) is 0 Å². The molecule has 0 fully saturated rings. The molecule has 0 unspecified atom stereocenters. The van der Waals surface area contributed by atoms with Gasteiger partial charge in [0, 0.05) is 14.6 Å². The Hall–Kier alpha value is -1.60. The van der Waals surface area contributed by atoms with E-state index in [4.69, 9.17) is 0 Å². The predicted octanol–water partition coefficient (Wildman–Crippen LogP) is 3.41. The summed E-state index contributed by atoms with van der Waals surface area (Å²) in [6.45, 7) is 0. The maximum absolute atomic E-state index is 2.39. The van der Waals surface area contributed by atoms with Crippen molar-refractivity contribution in [1.29, 1.82) is 0 Å². The molecule has 2 aromatic carbocycles. The molecule has 0 bridgehead atoms. The van der Waals surface area contributed by atoms with Crippen LogP contribution in [-0.4, -0.2) is 0 Å². The maximum Gasteiger partial charge on any atom is 0.0433 e. The molecule has 0 atom stereocenters. The molecule has 0 aliphatic heterocycles. The summed E-state index contributed by atoms with van der Waals surface area (Å²) in [7, 11) is 0. The van der Waals surface area contributed by atoms with Crippen LogP contribution in [0.2, 0.25) is 0 Å². The smallest absolute Gasteiger partial charge is 0.0433 e. The highest BCUT2D eigenvalue weighted by Crippen LogP contribution is 2.25. The lowest BCUT2D eigenvalue weighted by Crippen LogP contribution is -2.20.